The molecule has 0 spiro atoms. The number of nitrogens with zero attached hydrogens (tertiary/aromatic N) is 3. The highest BCUT2D eigenvalue weighted by molar-refractivity contribution is 7.80. The van der Waals surface area contributed by atoms with Crippen LogP contribution in [0.1, 0.15) is 16.1 Å². The maximum Gasteiger partial charge on any atom is 0.341 e. The minimum atomic E-state index is -1.04. The summed E-state index contributed by atoms with van der Waals surface area (Å²) in [6.45, 7) is 1.81. The third-order valence-electron chi connectivity index (χ3n) is 1.87. The Morgan fingerprint density at radius 3 is 3.00 bits per heavy atom. The maximum absolute atomic E-state index is 10.8. The smallest absolute Gasteiger partial charge is 0.341 e. The van der Waals surface area contributed by atoms with Gasteiger partial charge in [0.1, 0.15) is 5.56 Å². The minimum absolute atomic E-state index is 0.0870. The Hall–Kier alpha value is -1.56. The molecule has 2 heterocycles. The summed E-state index contributed by atoms with van der Waals surface area (Å²) in [5, 5.41) is 13.2. The van der Waals surface area contributed by atoms with Crippen molar-refractivity contribution in [1.82, 2.24) is 14.6 Å². The summed E-state index contributed by atoms with van der Waals surface area (Å²) >= 11 is 4.08. The number of rotatable bonds is 1. The molecule has 2 aromatic heterocycles. The fourth-order valence-electron chi connectivity index (χ4n) is 1.25. The van der Waals surface area contributed by atoms with E-state index in [1.807, 2.05) is 6.92 Å². The average molecular weight is 209 g/mol. The van der Waals surface area contributed by atoms with Gasteiger partial charge in [-0.25, -0.2) is 14.3 Å². The van der Waals surface area contributed by atoms with E-state index in [9.17, 15) is 4.79 Å². The number of carboxylic acid groups (broad SMARTS) is 1. The minimum Gasteiger partial charge on any atom is -0.477 e. The van der Waals surface area contributed by atoms with Crippen LogP contribution < -0.4 is 0 Å². The van der Waals surface area contributed by atoms with Gasteiger partial charge in [0.2, 0.25) is 0 Å². The number of thiol groups is 1. The van der Waals surface area contributed by atoms with E-state index < -0.39 is 5.97 Å². The fraction of sp³-hybridized carbons (Fsp3) is 0.125. The second-order valence-corrected chi connectivity index (χ2v) is 3.31. The van der Waals surface area contributed by atoms with E-state index >= 15 is 0 Å². The molecule has 6 heteroatoms. The lowest BCUT2D eigenvalue weighted by Crippen LogP contribution is -2.00. The van der Waals surface area contributed by atoms with Crippen LogP contribution in [0.5, 0.6) is 0 Å². The molecule has 1 N–H and O–H groups in total. The monoisotopic (exact) mass is 209 g/mol. The number of carbonyl (C=O) groups is 1. The number of aromatic carboxylic acids is 1. The Bertz CT molecular complexity index is 521. The highest BCUT2D eigenvalue weighted by Crippen LogP contribution is 2.13. The molecule has 0 unspecified atom stereocenters. The SMILES string of the molecule is Cc1cc(S)nc2c(C(=O)O)cnn12. The van der Waals surface area contributed by atoms with Crippen molar-refractivity contribution in [1.29, 1.82) is 0 Å². The third kappa shape index (κ3) is 1.24. The molecule has 0 aliphatic heterocycles. The van der Waals surface area contributed by atoms with Crippen molar-refractivity contribution in [2.24, 2.45) is 0 Å². The predicted molar refractivity (Wildman–Crippen MR) is 51.9 cm³/mol. The molecule has 5 nitrogen and oxygen atoms in total. The zero-order valence-electron chi connectivity index (χ0n) is 7.30. The molecule has 0 saturated heterocycles. The summed E-state index contributed by atoms with van der Waals surface area (Å²) in [5.74, 6) is -1.04. The first kappa shape index (κ1) is 9.01. The van der Waals surface area contributed by atoms with Crippen LogP contribution in [0.2, 0.25) is 0 Å². The lowest BCUT2D eigenvalue weighted by Gasteiger charge is -1.99. The van der Waals surface area contributed by atoms with Crippen LogP contribution in [0, 0.1) is 6.92 Å². The summed E-state index contributed by atoms with van der Waals surface area (Å²) in [5.41, 5.74) is 1.21. The Morgan fingerprint density at radius 2 is 2.36 bits per heavy atom. The zero-order valence-corrected chi connectivity index (χ0v) is 8.19. The van der Waals surface area contributed by atoms with Gasteiger partial charge in [-0.15, -0.1) is 12.6 Å². The molecule has 72 valence electrons. The average Bonchev–Trinajstić information content (AvgIpc) is 2.47. The molecule has 0 aliphatic carbocycles. The van der Waals surface area contributed by atoms with Crippen molar-refractivity contribution < 1.29 is 9.90 Å². The van der Waals surface area contributed by atoms with Crippen molar-refractivity contribution in [3.63, 3.8) is 0 Å². The molecule has 0 aliphatic rings. The second-order valence-electron chi connectivity index (χ2n) is 2.85. The van der Waals surface area contributed by atoms with Crippen LogP contribution in [-0.2, 0) is 0 Å². The van der Waals surface area contributed by atoms with Gasteiger partial charge in [-0.2, -0.15) is 5.10 Å². The highest BCUT2D eigenvalue weighted by atomic mass is 32.1. The van der Waals surface area contributed by atoms with Gasteiger partial charge in [-0.05, 0) is 13.0 Å². The standard InChI is InChI=1S/C8H7N3O2S/c1-4-2-6(14)10-7-5(8(12)13)3-9-11(4)7/h2-3H,1H3,(H,10,14)(H,12,13). The number of carboxylic acids is 1. The van der Waals surface area contributed by atoms with E-state index in [2.05, 4.69) is 22.7 Å². The Labute approximate surface area is 84.8 Å². The topological polar surface area (TPSA) is 67.5 Å². The van der Waals surface area contributed by atoms with Crippen molar-refractivity contribution in [2.75, 3.05) is 0 Å². The fourth-order valence-corrected chi connectivity index (χ4v) is 1.53. The summed E-state index contributed by atoms with van der Waals surface area (Å²) in [6.07, 6.45) is 1.28. The van der Waals surface area contributed by atoms with Crippen LogP contribution in [0.25, 0.3) is 5.65 Å². The van der Waals surface area contributed by atoms with Gasteiger partial charge in [-0.1, -0.05) is 0 Å². The first-order chi connectivity index (χ1) is 6.59. The molecular weight excluding hydrogens is 202 g/mol. The summed E-state index contributed by atoms with van der Waals surface area (Å²) in [4.78, 5) is 14.8. The van der Waals surface area contributed by atoms with Crippen LogP contribution in [0.4, 0.5) is 0 Å². The number of aromatic nitrogens is 3. The Kier molecular flexibility index (Phi) is 1.92. The van der Waals surface area contributed by atoms with Gasteiger partial charge < -0.3 is 5.11 Å². The van der Waals surface area contributed by atoms with Gasteiger partial charge in [0.15, 0.2) is 5.65 Å². The van der Waals surface area contributed by atoms with Crippen LogP contribution >= 0.6 is 12.6 Å². The van der Waals surface area contributed by atoms with Gasteiger partial charge in [0.25, 0.3) is 0 Å². The second kappa shape index (κ2) is 2.98. The molecule has 2 aromatic rings. The number of fused-ring (bicyclic) bond motifs is 1. The molecule has 2 rings (SSSR count). The molecule has 0 bridgehead atoms. The lowest BCUT2D eigenvalue weighted by molar-refractivity contribution is 0.0698. The van der Waals surface area contributed by atoms with E-state index in [0.717, 1.165) is 5.69 Å². The van der Waals surface area contributed by atoms with Crippen molar-refractivity contribution in [3.8, 4) is 0 Å². The molecule has 0 aromatic carbocycles. The lowest BCUT2D eigenvalue weighted by atomic mass is 10.3. The highest BCUT2D eigenvalue weighted by Gasteiger charge is 2.13. The molecule has 0 saturated carbocycles. The van der Waals surface area contributed by atoms with E-state index in [4.69, 9.17) is 5.11 Å². The molecule has 0 radical (unpaired) electrons. The van der Waals surface area contributed by atoms with Crippen LogP contribution in [0.3, 0.4) is 0 Å². The zero-order chi connectivity index (χ0) is 10.3. The van der Waals surface area contributed by atoms with Crippen molar-refractivity contribution in [3.05, 3.63) is 23.5 Å². The van der Waals surface area contributed by atoms with Gasteiger partial charge in [-0.3, -0.25) is 0 Å². The van der Waals surface area contributed by atoms with E-state index in [-0.39, 0.29) is 5.56 Å². The predicted octanol–water partition coefficient (Wildman–Crippen LogP) is 1.02. The quantitative estimate of drug-likeness (QED) is 0.543. The van der Waals surface area contributed by atoms with Gasteiger partial charge in [0.05, 0.1) is 11.2 Å². The molecular formula is C8H7N3O2S. The maximum atomic E-state index is 10.8. The first-order valence-corrected chi connectivity index (χ1v) is 4.32. The van der Waals surface area contributed by atoms with Crippen LogP contribution in [0.15, 0.2) is 17.3 Å². The molecule has 0 amide bonds. The molecule has 14 heavy (non-hydrogen) atoms. The van der Waals surface area contributed by atoms with Crippen molar-refractivity contribution in [2.45, 2.75) is 11.9 Å². The largest absolute Gasteiger partial charge is 0.477 e. The van der Waals surface area contributed by atoms with E-state index in [1.165, 1.54) is 10.7 Å². The number of hydrogen-bond donors (Lipinski definition) is 2. The van der Waals surface area contributed by atoms with E-state index in [0.29, 0.717) is 10.7 Å². The third-order valence-corrected chi connectivity index (χ3v) is 2.10. The first-order valence-electron chi connectivity index (χ1n) is 3.87. The Balaban J connectivity index is 2.85. The van der Waals surface area contributed by atoms with Gasteiger partial charge in [0, 0.05) is 5.69 Å². The summed E-state index contributed by atoms with van der Waals surface area (Å²) < 4.78 is 1.48. The molecule has 0 fully saturated rings. The normalized spacial score (nSPS) is 10.7. The van der Waals surface area contributed by atoms with Crippen molar-refractivity contribution >= 4 is 24.2 Å². The summed E-state index contributed by atoms with van der Waals surface area (Å²) in [7, 11) is 0. The van der Waals surface area contributed by atoms with Gasteiger partial charge >= 0.3 is 5.97 Å². The number of hydrogen-bond acceptors (Lipinski definition) is 4. The number of aryl methyl sites for hydroxylation is 1. The molecule has 0 atom stereocenters. The summed E-state index contributed by atoms with van der Waals surface area (Å²) in [6, 6.07) is 1.72. The van der Waals surface area contributed by atoms with E-state index in [1.54, 1.807) is 6.07 Å². The van der Waals surface area contributed by atoms with Crippen LogP contribution in [-0.4, -0.2) is 25.7 Å². The Morgan fingerprint density at radius 1 is 1.64 bits per heavy atom.